The van der Waals surface area contributed by atoms with E-state index in [1.54, 1.807) is 7.11 Å². The summed E-state index contributed by atoms with van der Waals surface area (Å²) < 4.78 is 6.22. The van der Waals surface area contributed by atoms with Gasteiger partial charge in [-0.2, -0.15) is 0 Å². The minimum absolute atomic E-state index is 0.0317. The number of halogens is 1. The highest BCUT2D eigenvalue weighted by atomic mass is 79.9. The fourth-order valence-corrected chi connectivity index (χ4v) is 3.81. The lowest BCUT2D eigenvalue weighted by molar-refractivity contribution is 0.0893. The van der Waals surface area contributed by atoms with Crippen molar-refractivity contribution < 1.29 is 9.53 Å². The zero-order chi connectivity index (χ0) is 14.8. The van der Waals surface area contributed by atoms with Crippen LogP contribution in [0.15, 0.2) is 22.7 Å². The van der Waals surface area contributed by atoms with E-state index < -0.39 is 0 Å². The third kappa shape index (κ3) is 3.24. The third-order valence-corrected chi connectivity index (χ3v) is 5.06. The molecule has 2 heterocycles. The number of carbonyl (C=O) groups excluding carboxylic acids is 1. The average Bonchev–Trinajstić information content (AvgIpc) is 2.94. The van der Waals surface area contributed by atoms with Crippen molar-refractivity contribution in [3.63, 3.8) is 0 Å². The van der Waals surface area contributed by atoms with Gasteiger partial charge in [0.1, 0.15) is 5.75 Å². The summed E-state index contributed by atoms with van der Waals surface area (Å²) in [5.41, 5.74) is 0.606. The molecular formula is C16H21BrN2O2. The molecule has 21 heavy (non-hydrogen) atoms. The van der Waals surface area contributed by atoms with Crippen LogP contribution in [0.3, 0.4) is 0 Å². The Bertz CT molecular complexity index is 535. The van der Waals surface area contributed by atoms with Crippen LogP contribution in [0.4, 0.5) is 0 Å². The van der Waals surface area contributed by atoms with Crippen LogP contribution in [0.5, 0.6) is 5.75 Å². The molecule has 2 unspecified atom stereocenters. The second-order valence-corrected chi connectivity index (χ2v) is 6.79. The highest BCUT2D eigenvalue weighted by Crippen LogP contribution is 2.28. The van der Waals surface area contributed by atoms with Gasteiger partial charge in [-0.1, -0.05) is 15.9 Å². The number of rotatable bonds is 3. The molecule has 0 aromatic heterocycles. The van der Waals surface area contributed by atoms with Crippen LogP contribution < -0.4 is 10.1 Å². The number of nitrogens with zero attached hydrogens (tertiary/aromatic N) is 1. The van der Waals surface area contributed by atoms with Crippen LogP contribution in [0, 0.1) is 0 Å². The molecule has 3 rings (SSSR count). The van der Waals surface area contributed by atoms with E-state index in [-0.39, 0.29) is 11.9 Å². The zero-order valence-electron chi connectivity index (χ0n) is 12.3. The van der Waals surface area contributed by atoms with Gasteiger partial charge in [0.15, 0.2) is 0 Å². The van der Waals surface area contributed by atoms with E-state index in [0.29, 0.717) is 17.4 Å². The molecule has 1 N–H and O–H groups in total. The number of hydrogen-bond acceptors (Lipinski definition) is 3. The molecule has 2 aliphatic heterocycles. The van der Waals surface area contributed by atoms with Crippen molar-refractivity contribution in [3.8, 4) is 5.75 Å². The molecule has 4 nitrogen and oxygen atoms in total. The largest absolute Gasteiger partial charge is 0.496 e. The summed E-state index contributed by atoms with van der Waals surface area (Å²) in [4.78, 5) is 15.0. The first-order valence-corrected chi connectivity index (χ1v) is 8.35. The Morgan fingerprint density at radius 1 is 1.38 bits per heavy atom. The van der Waals surface area contributed by atoms with Crippen molar-refractivity contribution in [1.29, 1.82) is 0 Å². The number of fused-ring (bicyclic) bond motifs is 1. The number of carbonyl (C=O) groups is 1. The van der Waals surface area contributed by atoms with Crippen LogP contribution in [-0.4, -0.2) is 43.1 Å². The maximum atomic E-state index is 12.5. The summed E-state index contributed by atoms with van der Waals surface area (Å²) in [7, 11) is 1.59. The molecule has 2 saturated heterocycles. The molecule has 2 fully saturated rings. The number of ether oxygens (including phenoxy) is 1. The molecule has 1 aromatic rings. The number of amides is 1. The Labute approximate surface area is 134 Å². The summed E-state index contributed by atoms with van der Waals surface area (Å²) in [5.74, 6) is 0.580. The topological polar surface area (TPSA) is 41.6 Å². The van der Waals surface area contributed by atoms with E-state index in [1.165, 1.54) is 19.4 Å². The number of piperidine rings is 1. The molecule has 0 radical (unpaired) electrons. The predicted molar refractivity (Wildman–Crippen MR) is 85.8 cm³/mol. The standard InChI is InChI=1S/C16H21BrN2O2/c1-21-15-9-11(17)4-5-14(15)16(20)18-12-6-8-19-7-2-3-13(19)10-12/h4-5,9,12-13H,2-3,6-8,10H2,1H3,(H,18,20). The Morgan fingerprint density at radius 3 is 3.05 bits per heavy atom. The van der Waals surface area contributed by atoms with Crippen LogP contribution in [0.1, 0.15) is 36.0 Å². The zero-order valence-corrected chi connectivity index (χ0v) is 13.9. The molecule has 5 heteroatoms. The van der Waals surface area contributed by atoms with E-state index in [0.717, 1.165) is 23.9 Å². The predicted octanol–water partition coefficient (Wildman–Crippen LogP) is 2.81. The molecule has 0 bridgehead atoms. The maximum Gasteiger partial charge on any atom is 0.255 e. The van der Waals surface area contributed by atoms with Gasteiger partial charge in [-0.25, -0.2) is 0 Å². The number of methoxy groups -OCH3 is 1. The van der Waals surface area contributed by atoms with E-state index in [1.807, 2.05) is 18.2 Å². The van der Waals surface area contributed by atoms with Gasteiger partial charge in [0.05, 0.1) is 12.7 Å². The highest BCUT2D eigenvalue weighted by molar-refractivity contribution is 9.10. The van der Waals surface area contributed by atoms with Gasteiger partial charge in [0.25, 0.3) is 5.91 Å². The Balaban J connectivity index is 1.66. The van der Waals surface area contributed by atoms with Gasteiger partial charge in [0.2, 0.25) is 0 Å². The molecule has 0 aliphatic carbocycles. The van der Waals surface area contributed by atoms with Crippen LogP contribution in [-0.2, 0) is 0 Å². The SMILES string of the molecule is COc1cc(Br)ccc1C(=O)NC1CCN2CCCC2C1. The lowest BCUT2D eigenvalue weighted by Crippen LogP contribution is -2.47. The fraction of sp³-hybridized carbons (Fsp3) is 0.562. The first-order valence-electron chi connectivity index (χ1n) is 7.56. The Hall–Kier alpha value is -1.07. The van der Waals surface area contributed by atoms with Crippen molar-refractivity contribution in [3.05, 3.63) is 28.2 Å². The van der Waals surface area contributed by atoms with E-state index in [4.69, 9.17) is 4.74 Å². The van der Waals surface area contributed by atoms with E-state index in [9.17, 15) is 4.79 Å². The summed E-state index contributed by atoms with van der Waals surface area (Å²) in [6.07, 6.45) is 4.69. The monoisotopic (exact) mass is 352 g/mol. The minimum Gasteiger partial charge on any atom is -0.496 e. The normalized spacial score (nSPS) is 25.4. The van der Waals surface area contributed by atoms with Gasteiger partial charge in [-0.3, -0.25) is 4.79 Å². The van der Waals surface area contributed by atoms with Crippen molar-refractivity contribution in [2.45, 2.75) is 37.8 Å². The van der Waals surface area contributed by atoms with Gasteiger partial charge >= 0.3 is 0 Å². The Kier molecular flexibility index (Phi) is 4.50. The highest BCUT2D eigenvalue weighted by Gasteiger charge is 2.32. The smallest absolute Gasteiger partial charge is 0.255 e. The average molecular weight is 353 g/mol. The summed E-state index contributed by atoms with van der Waals surface area (Å²) in [6.45, 7) is 2.33. The number of hydrogen-bond donors (Lipinski definition) is 1. The molecule has 2 aliphatic rings. The fourth-order valence-electron chi connectivity index (χ4n) is 3.47. The van der Waals surface area contributed by atoms with Crippen molar-refractivity contribution in [2.24, 2.45) is 0 Å². The van der Waals surface area contributed by atoms with Crippen LogP contribution >= 0.6 is 15.9 Å². The maximum absolute atomic E-state index is 12.5. The summed E-state index contributed by atoms with van der Waals surface area (Å²) >= 11 is 3.40. The van der Waals surface area contributed by atoms with E-state index in [2.05, 4.69) is 26.1 Å². The first-order chi connectivity index (χ1) is 10.2. The van der Waals surface area contributed by atoms with Crippen molar-refractivity contribution >= 4 is 21.8 Å². The number of benzene rings is 1. The van der Waals surface area contributed by atoms with Crippen molar-refractivity contribution in [2.75, 3.05) is 20.2 Å². The molecule has 1 aromatic carbocycles. The lowest BCUT2D eigenvalue weighted by atomic mass is 9.97. The van der Waals surface area contributed by atoms with Gasteiger partial charge in [-0.05, 0) is 50.4 Å². The summed E-state index contributed by atoms with van der Waals surface area (Å²) in [6, 6.07) is 6.45. The molecule has 0 saturated carbocycles. The summed E-state index contributed by atoms with van der Waals surface area (Å²) in [5, 5.41) is 3.18. The van der Waals surface area contributed by atoms with Gasteiger partial charge in [-0.15, -0.1) is 0 Å². The van der Waals surface area contributed by atoms with Gasteiger partial charge < -0.3 is 15.0 Å². The van der Waals surface area contributed by atoms with Gasteiger partial charge in [0, 0.05) is 23.1 Å². The lowest BCUT2D eigenvalue weighted by Gasteiger charge is -2.35. The molecule has 2 atom stereocenters. The van der Waals surface area contributed by atoms with Crippen LogP contribution in [0.2, 0.25) is 0 Å². The molecule has 0 spiro atoms. The number of nitrogens with one attached hydrogen (secondary N) is 1. The quantitative estimate of drug-likeness (QED) is 0.909. The molecule has 114 valence electrons. The second kappa shape index (κ2) is 6.36. The molecule has 1 amide bonds. The van der Waals surface area contributed by atoms with Crippen LogP contribution in [0.25, 0.3) is 0 Å². The second-order valence-electron chi connectivity index (χ2n) is 5.87. The Morgan fingerprint density at radius 2 is 2.24 bits per heavy atom. The van der Waals surface area contributed by atoms with Crippen molar-refractivity contribution in [1.82, 2.24) is 10.2 Å². The molecular weight excluding hydrogens is 332 g/mol. The first kappa shape index (κ1) is 14.9. The minimum atomic E-state index is -0.0317. The van der Waals surface area contributed by atoms with E-state index >= 15 is 0 Å². The third-order valence-electron chi connectivity index (χ3n) is 4.56.